The summed E-state index contributed by atoms with van der Waals surface area (Å²) in [7, 11) is -2.32. The van der Waals surface area contributed by atoms with Gasteiger partial charge in [0.15, 0.2) is 0 Å². The molecule has 0 rings (SSSR count). The first-order valence-electron chi connectivity index (χ1n) is 6.61. The topological polar surface area (TPSA) is 29.1 Å². The summed E-state index contributed by atoms with van der Waals surface area (Å²) in [5.74, 6) is 3.72. The second-order valence-corrected chi connectivity index (χ2v) is 13.9. The zero-order chi connectivity index (χ0) is 14.6. The molecule has 4 heteroatoms. The normalized spacial score (nSPS) is 16.1. The van der Waals surface area contributed by atoms with Crippen LogP contribution < -0.4 is 4.72 Å². The van der Waals surface area contributed by atoms with Crippen molar-refractivity contribution in [1.82, 2.24) is 4.72 Å². The fourth-order valence-electron chi connectivity index (χ4n) is 1.15. The summed E-state index contributed by atoms with van der Waals surface area (Å²) in [6.45, 7) is 17.0. The number of rotatable bonds is 4. The summed E-state index contributed by atoms with van der Waals surface area (Å²) in [5, 5.41) is 0. The Hall–Kier alpha value is -0.113. The third kappa shape index (κ3) is 8.07. The smallest absolute Gasteiger partial charge is 0.129 e. The molecular formula is C14H29NOSSi. The maximum atomic E-state index is 12.1. The van der Waals surface area contributed by atoms with Gasteiger partial charge in [-0.25, -0.2) is 8.93 Å². The van der Waals surface area contributed by atoms with Gasteiger partial charge in [0.05, 0.1) is 15.7 Å². The van der Waals surface area contributed by atoms with Gasteiger partial charge in [-0.15, -0.1) is 11.5 Å². The van der Waals surface area contributed by atoms with Crippen LogP contribution in [0.25, 0.3) is 0 Å². The van der Waals surface area contributed by atoms with E-state index in [-0.39, 0.29) is 10.8 Å². The van der Waals surface area contributed by atoms with Gasteiger partial charge < -0.3 is 0 Å². The molecule has 0 heterocycles. The molecule has 18 heavy (non-hydrogen) atoms. The average molecular weight is 288 g/mol. The van der Waals surface area contributed by atoms with Crippen molar-refractivity contribution in [1.29, 1.82) is 0 Å². The maximum Gasteiger partial charge on any atom is 0.129 e. The van der Waals surface area contributed by atoms with Gasteiger partial charge in [0.2, 0.25) is 0 Å². The van der Waals surface area contributed by atoms with E-state index in [1.54, 1.807) is 0 Å². The average Bonchev–Trinajstić information content (AvgIpc) is 2.12. The molecule has 0 saturated heterocycles. The van der Waals surface area contributed by atoms with E-state index in [1.807, 2.05) is 20.8 Å². The highest BCUT2D eigenvalue weighted by atomic mass is 32.2. The van der Waals surface area contributed by atoms with Gasteiger partial charge in [0.1, 0.15) is 8.07 Å². The predicted octanol–water partition coefficient (Wildman–Crippen LogP) is 3.33. The van der Waals surface area contributed by atoms with Crippen LogP contribution in [0.15, 0.2) is 0 Å². The third-order valence-electron chi connectivity index (χ3n) is 2.40. The molecule has 0 saturated carbocycles. The molecule has 0 aromatic rings. The lowest BCUT2D eigenvalue weighted by Crippen LogP contribution is -2.42. The van der Waals surface area contributed by atoms with Gasteiger partial charge in [-0.05, 0) is 26.7 Å². The zero-order valence-electron chi connectivity index (χ0n) is 13.2. The van der Waals surface area contributed by atoms with E-state index >= 15 is 0 Å². The highest BCUT2D eigenvalue weighted by Gasteiger charge is 2.23. The minimum Gasteiger partial charge on any atom is -0.242 e. The number of hydrogen-bond donors (Lipinski definition) is 1. The Bertz CT molecular complexity index is 342. The van der Waals surface area contributed by atoms with Crippen LogP contribution in [0.4, 0.5) is 0 Å². The lowest BCUT2D eigenvalue weighted by Gasteiger charge is -2.25. The molecular weight excluding hydrogens is 258 g/mol. The fourth-order valence-corrected chi connectivity index (χ4v) is 2.77. The molecule has 1 N–H and O–H groups in total. The molecule has 106 valence electrons. The summed E-state index contributed by atoms with van der Waals surface area (Å²) >= 11 is 0. The van der Waals surface area contributed by atoms with E-state index in [0.29, 0.717) is 5.92 Å². The molecule has 0 fully saturated rings. The molecule has 0 aromatic heterocycles. The lowest BCUT2D eigenvalue weighted by atomic mass is 10.0. The monoisotopic (exact) mass is 287 g/mol. The highest BCUT2D eigenvalue weighted by molar-refractivity contribution is 7.84. The van der Waals surface area contributed by atoms with Gasteiger partial charge in [0.25, 0.3) is 0 Å². The molecule has 0 unspecified atom stereocenters. The molecule has 0 aliphatic rings. The molecule has 2 atom stereocenters. The molecule has 0 bridgehead atoms. The quantitative estimate of drug-likeness (QED) is 0.623. The first-order valence-corrected chi connectivity index (χ1v) is 11.3. The second kappa shape index (κ2) is 6.88. The van der Waals surface area contributed by atoms with Crippen molar-refractivity contribution in [2.24, 2.45) is 5.92 Å². The fraction of sp³-hybridized carbons (Fsp3) is 0.857. The Morgan fingerprint density at radius 2 is 1.72 bits per heavy atom. The Labute approximate surface area is 117 Å². The summed E-state index contributed by atoms with van der Waals surface area (Å²) in [6.07, 6.45) is 0.782. The van der Waals surface area contributed by atoms with E-state index in [9.17, 15) is 4.21 Å². The minimum absolute atomic E-state index is 0.203. The zero-order valence-corrected chi connectivity index (χ0v) is 15.0. The van der Waals surface area contributed by atoms with Crippen molar-refractivity contribution in [3.63, 3.8) is 0 Å². The Morgan fingerprint density at radius 3 is 2.06 bits per heavy atom. The molecule has 0 aliphatic carbocycles. The van der Waals surface area contributed by atoms with Crippen molar-refractivity contribution in [2.75, 3.05) is 0 Å². The largest absolute Gasteiger partial charge is 0.242 e. The van der Waals surface area contributed by atoms with Crippen molar-refractivity contribution in [3.8, 4) is 11.5 Å². The second-order valence-electron chi connectivity index (χ2n) is 7.11. The highest BCUT2D eigenvalue weighted by Crippen LogP contribution is 2.13. The first-order chi connectivity index (χ1) is 7.93. The lowest BCUT2D eigenvalue weighted by molar-refractivity contribution is 0.464. The van der Waals surface area contributed by atoms with Crippen molar-refractivity contribution in [2.45, 2.75) is 71.5 Å². The Kier molecular flexibility index (Phi) is 6.84. The van der Waals surface area contributed by atoms with E-state index in [0.717, 1.165) is 6.42 Å². The third-order valence-corrected chi connectivity index (χ3v) is 4.96. The van der Waals surface area contributed by atoms with Crippen molar-refractivity contribution >= 4 is 19.1 Å². The number of nitrogens with one attached hydrogen (secondary N) is 1. The summed E-state index contributed by atoms with van der Waals surface area (Å²) in [6, 6.07) is 0.203. The van der Waals surface area contributed by atoms with E-state index in [1.165, 1.54) is 0 Å². The van der Waals surface area contributed by atoms with Gasteiger partial charge in [-0.2, -0.15) is 0 Å². The Balaban J connectivity index is 4.60. The van der Waals surface area contributed by atoms with Crippen LogP contribution in [0.3, 0.4) is 0 Å². The van der Waals surface area contributed by atoms with Crippen LogP contribution >= 0.6 is 0 Å². The summed E-state index contributed by atoms with van der Waals surface area (Å²) in [4.78, 5) is 0. The predicted molar refractivity (Wildman–Crippen MR) is 85.4 cm³/mol. The standard InChI is InChI=1S/C14H29NOSSi/c1-12(2)13(10-9-11-18(6,7)8)15-17(16)14(3,4)5/h12-13,15H,10H2,1-8H3/t13-,17+/m0/s1. The van der Waals surface area contributed by atoms with E-state index in [4.69, 9.17) is 0 Å². The van der Waals surface area contributed by atoms with E-state index < -0.39 is 19.1 Å². The first kappa shape index (κ1) is 17.9. The van der Waals surface area contributed by atoms with Gasteiger partial charge in [-0.3, -0.25) is 0 Å². The summed E-state index contributed by atoms with van der Waals surface area (Å²) in [5.41, 5.74) is 3.37. The number of hydrogen-bond acceptors (Lipinski definition) is 1. The van der Waals surface area contributed by atoms with Crippen LogP contribution in [0.2, 0.25) is 19.6 Å². The Morgan fingerprint density at radius 1 is 1.22 bits per heavy atom. The molecule has 0 spiro atoms. The van der Waals surface area contributed by atoms with Gasteiger partial charge in [-0.1, -0.05) is 33.5 Å². The molecule has 0 radical (unpaired) electrons. The molecule has 0 amide bonds. The van der Waals surface area contributed by atoms with Crippen molar-refractivity contribution in [3.05, 3.63) is 0 Å². The van der Waals surface area contributed by atoms with Gasteiger partial charge >= 0.3 is 0 Å². The van der Waals surface area contributed by atoms with E-state index in [2.05, 4.69) is 49.7 Å². The SMILES string of the molecule is CC(C)[C@H](CC#C[Si](C)(C)C)N[S@](=O)C(C)(C)C. The van der Waals surface area contributed by atoms with Crippen LogP contribution in [0.1, 0.15) is 41.0 Å². The van der Waals surface area contributed by atoms with Gasteiger partial charge in [0, 0.05) is 12.5 Å². The van der Waals surface area contributed by atoms with Crippen LogP contribution in [-0.2, 0) is 11.0 Å². The molecule has 0 aromatic carbocycles. The van der Waals surface area contributed by atoms with Crippen molar-refractivity contribution < 1.29 is 4.21 Å². The van der Waals surface area contributed by atoms with Crippen LogP contribution in [0.5, 0.6) is 0 Å². The molecule has 2 nitrogen and oxygen atoms in total. The summed E-state index contributed by atoms with van der Waals surface area (Å²) < 4.78 is 15.1. The maximum absolute atomic E-state index is 12.1. The molecule has 0 aliphatic heterocycles. The van der Waals surface area contributed by atoms with Crippen LogP contribution in [0, 0.1) is 17.4 Å². The minimum atomic E-state index is -1.30. The van der Waals surface area contributed by atoms with Crippen LogP contribution in [-0.4, -0.2) is 23.1 Å².